The molecule has 3 rings (SSSR count). The summed E-state index contributed by atoms with van der Waals surface area (Å²) in [7, 11) is 1.66. The van der Waals surface area contributed by atoms with E-state index in [0.717, 1.165) is 37.2 Å². The van der Waals surface area contributed by atoms with Crippen LogP contribution in [0.25, 0.3) is 0 Å². The Kier molecular flexibility index (Phi) is 10.8. The number of nitrogens with one attached hydrogen (secondary N) is 2. The minimum absolute atomic E-state index is 0. The van der Waals surface area contributed by atoms with Crippen LogP contribution >= 0.6 is 24.0 Å². The molecule has 2 aliphatic heterocycles. The van der Waals surface area contributed by atoms with Crippen molar-refractivity contribution in [1.82, 2.24) is 15.5 Å². The van der Waals surface area contributed by atoms with Gasteiger partial charge in [0.2, 0.25) is 0 Å². The summed E-state index contributed by atoms with van der Waals surface area (Å²) >= 11 is 0. The van der Waals surface area contributed by atoms with Crippen LogP contribution in [-0.4, -0.2) is 69.1 Å². The first-order valence-electron chi connectivity index (χ1n) is 10.4. The lowest BCUT2D eigenvalue weighted by Crippen LogP contribution is -2.44. The fourth-order valence-corrected chi connectivity index (χ4v) is 3.81. The van der Waals surface area contributed by atoms with E-state index in [1.165, 1.54) is 4.90 Å². The largest absolute Gasteiger partial charge is 0.401 e. The zero-order valence-electron chi connectivity index (χ0n) is 17.8. The van der Waals surface area contributed by atoms with E-state index in [-0.39, 0.29) is 36.1 Å². The van der Waals surface area contributed by atoms with Gasteiger partial charge in [0.25, 0.3) is 0 Å². The Bertz CT molecular complexity index is 699. The number of aliphatic imine (C=N–C) groups is 1. The number of halogens is 4. The summed E-state index contributed by atoms with van der Waals surface area (Å²) in [6.45, 7) is 2.60. The highest BCUT2D eigenvalue weighted by atomic mass is 127. The molecular weight excluding hydrogens is 524 g/mol. The summed E-state index contributed by atoms with van der Waals surface area (Å²) in [6.07, 6.45) is -1.37. The highest BCUT2D eigenvalue weighted by molar-refractivity contribution is 14.0. The maximum atomic E-state index is 12.6. The highest BCUT2D eigenvalue weighted by Gasteiger charge is 2.34. The standard InChI is InChI=1S/C21H31F3N4O2.HI/c1-25-20(27-18-5-8-28(13-18)15-21(22,23)24)26-12-16-3-2-4-17(11-16)14-30-19-6-9-29-10-7-19;/h2-4,11,18-19H,5-10,12-15H2,1H3,(H2,25,26,27);1H. The van der Waals surface area contributed by atoms with Crippen LogP contribution in [-0.2, 0) is 22.6 Å². The van der Waals surface area contributed by atoms with Gasteiger partial charge in [-0.2, -0.15) is 13.2 Å². The molecule has 2 fully saturated rings. The molecule has 176 valence electrons. The van der Waals surface area contributed by atoms with Crippen molar-refractivity contribution < 1.29 is 22.6 Å². The number of guanidine groups is 1. The Morgan fingerprint density at radius 2 is 1.97 bits per heavy atom. The van der Waals surface area contributed by atoms with E-state index in [2.05, 4.69) is 21.7 Å². The van der Waals surface area contributed by atoms with Crippen molar-refractivity contribution in [3.8, 4) is 0 Å². The Hall–Kier alpha value is -1.11. The number of benzene rings is 1. The second-order valence-electron chi connectivity index (χ2n) is 7.85. The molecule has 2 N–H and O–H groups in total. The van der Waals surface area contributed by atoms with Crippen molar-refractivity contribution in [2.45, 2.75) is 50.7 Å². The van der Waals surface area contributed by atoms with Crippen molar-refractivity contribution in [3.63, 3.8) is 0 Å². The zero-order valence-corrected chi connectivity index (χ0v) is 20.1. The average molecular weight is 556 g/mol. The van der Waals surface area contributed by atoms with Crippen molar-refractivity contribution in [1.29, 1.82) is 0 Å². The van der Waals surface area contributed by atoms with Crippen LogP contribution in [0.15, 0.2) is 29.3 Å². The van der Waals surface area contributed by atoms with E-state index in [1.807, 2.05) is 18.2 Å². The van der Waals surface area contributed by atoms with Crippen LogP contribution < -0.4 is 10.6 Å². The van der Waals surface area contributed by atoms with Crippen LogP contribution in [0.4, 0.5) is 13.2 Å². The van der Waals surface area contributed by atoms with E-state index in [9.17, 15) is 13.2 Å². The van der Waals surface area contributed by atoms with Crippen molar-refractivity contribution in [2.24, 2.45) is 4.99 Å². The van der Waals surface area contributed by atoms with Gasteiger partial charge in [-0.1, -0.05) is 24.3 Å². The van der Waals surface area contributed by atoms with Gasteiger partial charge in [0.15, 0.2) is 5.96 Å². The van der Waals surface area contributed by atoms with E-state index in [1.54, 1.807) is 7.05 Å². The van der Waals surface area contributed by atoms with Crippen LogP contribution in [0.1, 0.15) is 30.4 Å². The number of likely N-dealkylation sites (tertiary alicyclic amines) is 1. The molecule has 0 aliphatic carbocycles. The molecule has 0 bridgehead atoms. The molecule has 0 spiro atoms. The summed E-state index contributed by atoms with van der Waals surface area (Å²) in [5.41, 5.74) is 2.21. The minimum atomic E-state index is -4.16. The molecule has 2 saturated heterocycles. The van der Waals surface area contributed by atoms with Crippen LogP contribution in [0.5, 0.6) is 0 Å². The third-order valence-corrected chi connectivity index (χ3v) is 5.35. The molecule has 1 atom stereocenters. The maximum absolute atomic E-state index is 12.6. The lowest BCUT2D eigenvalue weighted by Gasteiger charge is -2.22. The number of nitrogens with zero attached hydrogens (tertiary/aromatic N) is 2. The fraction of sp³-hybridized carbons (Fsp3) is 0.667. The SMILES string of the molecule is CN=C(NCc1cccc(COC2CCOCC2)c1)NC1CCN(CC(F)(F)F)C1.I. The Morgan fingerprint density at radius 3 is 2.68 bits per heavy atom. The Balaban J connectivity index is 0.00000341. The van der Waals surface area contributed by atoms with Gasteiger partial charge < -0.3 is 20.1 Å². The summed E-state index contributed by atoms with van der Waals surface area (Å²) in [4.78, 5) is 5.63. The molecule has 0 aromatic heterocycles. The van der Waals surface area contributed by atoms with Gasteiger partial charge in [-0.25, -0.2) is 0 Å². The third-order valence-electron chi connectivity index (χ3n) is 5.35. The normalized spacial score (nSPS) is 21.0. The molecule has 1 unspecified atom stereocenters. The van der Waals surface area contributed by atoms with Gasteiger partial charge in [-0.05, 0) is 30.4 Å². The molecule has 0 saturated carbocycles. The molecule has 2 heterocycles. The monoisotopic (exact) mass is 556 g/mol. The maximum Gasteiger partial charge on any atom is 0.401 e. The van der Waals surface area contributed by atoms with Crippen LogP contribution in [0, 0.1) is 0 Å². The average Bonchev–Trinajstić information content (AvgIpc) is 3.15. The minimum Gasteiger partial charge on any atom is -0.381 e. The molecule has 6 nitrogen and oxygen atoms in total. The molecule has 2 aliphatic rings. The Labute approximate surface area is 199 Å². The summed E-state index contributed by atoms with van der Waals surface area (Å²) in [5, 5.41) is 6.48. The van der Waals surface area contributed by atoms with Gasteiger partial charge in [-0.3, -0.25) is 9.89 Å². The van der Waals surface area contributed by atoms with Crippen molar-refractivity contribution >= 4 is 29.9 Å². The molecule has 1 aromatic rings. The van der Waals surface area contributed by atoms with E-state index in [0.29, 0.717) is 38.6 Å². The second-order valence-corrected chi connectivity index (χ2v) is 7.85. The van der Waals surface area contributed by atoms with Crippen LogP contribution in [0.2, 0.25) is 0 Å². The predicted molar refractivity (Wildman–Crippen MR) is 125 cm³/mol. The summed E-state index contributed by atoms with van der Waals surface area (Å²) < 4.78 is 49.0. The summed E-state index contributed by atoms with van der Waals surface area (Å²) in [6, 6.07) is 8.13. The second kappa shape index (κ2) is 12.8. The van der Waals surface area contributed by atoms with Crippen molar-refractivity contribution in [3.05, 3.63) is 35.4 Å². The van der Waals surface area contributed by atoms with Gasteiger partial charge in [0.1, 0.15) is 0 Å². The first-order chi connectivity index (χ1) is 14.4. The Morgan fingerprint density at radius 1 is 1.23 bits per heavy atom. The topological polar surface area (TPSA) is 58.1 Å². The number of hydrogen-bond acceptors (Lipinski definition) is 4. The fourth-order valence-electron chi connectivity index (χ4n) is 3.81. The number of ether oxygens (including phenoxy) is 2. The number of alkyl halides is 3. The van der Waals surface area contributed by atoms with Gasteiger partial charge in [0.05, 0.1) is 19.3 Å². The van der Waals surface area contributed by atoms with Gasteiger partial charge in [-0.15, -0.1) is 24.0 Å². The van der Waals surface area contributed by atoms with E-state index >= 15 is 0 Å². The molecule has 0 amide bonds. The predicted octanol–water partition coefficient (Wildman–Crippen LogP) is 3.30. The van der Waals surface area contributed by atoms with Gasteiger partial charge >= 0.3 is 6.18 Å². The lowest BCUT2D eigenvalue weighted by molar-refractivity contribution is -0.143. The smallest absolute Gasteiger partial charge is 0.381 e. The number of hydrogen-bond donors (Lipinski definition) is 2. The van der Waals surface area contributed by atoms with Gasteiger partial charge in [0, 0.05) is 45.9 Å². The molecule has 0 radical (unpaired) electrons. The van der Waals surface area contributed by atoms with E-state index in [4.69, 9.17) is 9.47 Å². The first-order valence-corrected chi connectivity index (χ1v) is 10.4. The lowest BCUT2D eigenvalue weighted by atomic mass is 10.1. The highest BCUT2D eigenvalue weighted by Crippen LogP contribution is 2.20. The molecule has 1 aromatic carbocycles. The van der Waals surface area contributed by atoms with Crippen LogP contribution in [0.3, 0.4) is 0 Å². The van der Waals surface area contributed by atoms with Crippen molar-refractivity contribution in [2.75, 3.05) is 39.9 Å². The number of rotatable bonds is 7. The summed E-state index contributed by atoms with van der Waals surface area (Å²) in [5.74, 6) is 0.595. The first kappa shape index (κ1) is 26.1. The molecule has 31 heavy (non-hydrogen) atoms. The quantitative estimate of drug-likeness (QED) is 0.307. The molecule has 10 heteroatoms. The molecular formula is C21H32F3IN4O2. The zero-order chi connectivity index (χ0) is 21.4. The third kappa shape index (κ3) is 9.50. The van der Waals surface area contributed by atoms with E-state index < -0.39 is 12.7 Å².